The maximum atomic E-state index is 6.09. The van der Waals surface area contributed by atoms with E-state index in [4.69, 9.17) is 16.6 Å². The first-order valence-electron chi connectivity index (χ1n) is 8.29. The van der Waals surface area contributed by atoms with Crippen LogP contribution in [0.5, 0.6) is 0 Å². The normalized spacial score (nSPS) is 15.8. The lowest BCUT2D eigenvalue weighted by Gasteiger charge is -2.15. The van der Waals surface area contributed by atoms with Crippen LogP contribution in [0.2, 0.25) is 5.02 Å². The summed E-state index contributed by atoms with van der Waals surface area (Å²) in [5.74, 6) is 1.81. The van der Waals surface area contributed by atoms with Crippen LogP contribution in [0, 0.1) is 6.92 Å². The van der Waals surface area contributed by atoms with E-state index in [-0.39, 0.29) is 0 Å². The number of aryl methyl sites for hydroxylation is 1. The van der Waals surface area contributed by atoms with Gasteiger partial charge in [0.25, 0.3) is 0 Å². The molecule has 0 atom stereocenters. The molecule has 1 N–H and O–H groups in total. The van der Waals surface area contributed by atoms with Gasteiger partial charge in [-0.2, -0.15) is 0 Å². The van der Waals surface area contributed by atoms with E-state index in [1.807, 2.05) is 30.4 Å². The number of aliphatic imine (C=N–C) groups is 1. The number of fused-ring (bicyclic) bond motifs is 5. The second-order valence-corrected chi connectivity index (χ2v) is 7.80. The predicted molar refractivity (Wildman–Crippen MR) is 100 cm³/mol. The molecule has 0 aliphatic carbocycles. The Morgan fingerprint density at radius 3 is 2.88 bits per heavy atom. The van der Waals surface area contributed by atoms with Gasteiger partial charge in [-0.25, -0.2) is 0 Å². The lowest BCUT2D eigenvalue weighted by molar-refractivity contribution is 0.654. The summed E-state index contributed by atoms with van der Waals surface area (Å²) in [4.78, 5) is 6.32. The third-order valence-electron chi connectivity index (χ3n) is 4.74. The van der Waals surface area contributed by atoms with Gasteiger partial charge in [-0.1, -0.05) is 23.7 Å². The van der Waals surface area contributed by atoms with E-state index in [2.05, 4.69) is 32.2 Å². The minimum Gasteiger partial charge on any atom is -0.312 e. The van der Waals surface area contributed by atoms with Gasteiger partial charge in [0.1, 0.15) is 17.4 Å². The summed E-state index contributed by atoms with van der Waals surface area (Å²) in [6.45, 7) is 4.45. The minimum absolute atomic E-state index is 0.535. The standard InChI is InChI=1S/C18H16ClN5S/c1-10-22-23-15-9-21-17(11-2-4-12(19)5-3-11)16-13-6-7-20-8-14(13)25-18(16)24(10)15/h2-5,20H,6-9H2,1H3. The number of benzene rings is 1. The van der Waals surface area contributed by atoms with Gasteiger partial charge in [0.2, 0.25) is 0 Å². The van der Waals surface area contributed by atoms with E-state index < -0.39 is 0 Å². The number of aromatic nitrogens is 3. The fraction of sp³-hybridized carbons (Fsp3) is 0.278. The average molecular weight is 370 g/mol. The van der Waals surface area contributed by atoms with Crippen molar-refractivity contribution in [3.63, 3.8) is 0 Å². The molecule has 0 radical (unpaired) electrons. The van der Waals surface area contributed by atoms with Gasteiger partial charge in [0, 0.05) is 27.6 Å². The molecule has 4 heterocycles. The molecule has 0 fully saturated rings. The van der Waals surface area contributed by atoms with Gasteiger partial charge in [0.05, 0.1) is 5.71 Å². The zero-order chi connectivity index (χ0) is 17.0. The van der Waals surface area contributed by atoms with E-state index in [0.29, 0.717) is 6.54 Å². The van der Waals surface area contributed by atoms with E-state index in [9.17, 15) is 0 Å². The molecule has 0 amide bonds. The van der Waals surface area contributed by atoms with Crippen LogP contribution in [0.4, 0.5) is 0 Å². The maximum Gasteiger partial charge on any atom is 0.160 e. The first-order chi connectivity index (χ1) is 12.2. The molecule has 1 aromatic carbocycles. The fourth-order valence-corrected chi connectivity index (χ4v) is 5.08. The Labute approximate surface area is 154 Å². The van der Waals surface area contributed by atoms with Crippen molar-refractivity contribution in [2.75, 3.05) is 6.54 Å². The number of hydrogen-bond donors (Lipinski definition) is 1. The van der Waals surface area contributed by atoms with Crippen molar-refractivity contribution in [3.8, 4) is 5.00 Å². The summed E-state index contributed by atoms with van der Waals surface area (Å²) in [7, 11) is 0. The van der Waals surface area contributed by atoms with Crippen molar-refractivity contribution in [2.45, 2.75) is 26.4 Å². The molecule has 0 saturated heterocycles. The smallest absolute Gasteiger partial charge is 0.160 e. The zero-order valence-corrected chi connectivity index (χ0v) is 15.3. The number of nitrogens with one attached hydrogen (secondary N) is 1. The molecule has 5 nitrogen and oxygen atoms in total. The Balaban J connectivity index is 1.79. The monoisotopic (exact) mass is 369 g/mol. The van der Waals surface area contributed by atoms with Crippen LogP contribution >= 0.6 is 22.9 Å². The van der Waals surface area contributed by atoms with Crippen LogP contribution in [0.25, 0.3) is 5.00 Å². The van der Waals surface area contributed by atoms with Gasteiger partial charge in [-0.05, 0) is 37.6 Å². The molecule has 25 heavy (non-hydrogen) atoms. The molecule has 5 rings (SSSR count). The van der Waals surface area contributed by atoms with E-state index in [0.717, 1.165) is 47.5 Å². The summed E-state index contributed by atoms with van der Waals surface area (Å²) < 4.78 is 2.17. The molecule has 0 bridgehead atoms. The lowest BCUT2D eigenvalue weighted by atomic mass is 9.96. The van der Waals surface area contributed by atoms with Crippen LogP contribution in [0.15, 0.2) is 29.3 Å². The van der Waals surface area contributed by atoms with Crippen molar-refractivity contribution >= 4 is 28.6 Å². The second kappa shape index (κ2) is 5.76. The Bertz CT molecular complexity index is 999. The SMILES string of the molecule is Cc1nnc2n1-c1sc3c(c1C(c1ccc(Cl)cc1)=NC2)CCNC3. The molecular formula is C18H16ClN5S. The third-order valence-corrected chi connectivity index (χ3v) is 6.21. The van der Waals surface area contributed by atoms with Crippen molar-refractivity contribution < 1.29 is 0 Å². The van der Waals surface area contributed by atoms with Crippen molar-refractivity contribution in [3.05, 3.63) is 62.5 Å². The molecular weight excluding hydrogens is 354 g/mol. The summed E-state index contributed by atoms with van der Waals surface area (Å²) in [5, 5.41) is 14.0. The van der Waals surface area contributed by atoms with Crippen LogP contribution in [-0.2, 0) is 19.5 Å². The summed E-state index contributed by atoms with van der Waals surface area (Å²) in [6, 6.07) is 7.95. The fourth-order valence-electron chi connectivity index (χ4n) is 3.57. The summed E-state index contributed by atoms with van der Waals surface area (Å²) >= 11 is 7.91. The first kappa shape index (κ1) is 15.3. The van der Waals surface area contributed by atoms with Crippen LogP contribution in [0.1, 0.15) is 33.2 Å². The molecule has 0 saturated carbocycles. The van der Waals surface area contributed by atoms with Gasteiger partial charge < -0.3 is 5.32 Å². The highest BCUT2D eigenvalue weighted by atomic mass is 35.5. The molecule has 2 aliphatic rings. The largest absolute Gasteiger partial charge is 0.312 e. The van der Waals surface area contributed by atoms with Crippen LogP contribution in [-0.4, -0.2) is 27.0 Å². The summed E-state index contributed by atoms with van der Waals surface area (Å²) in [6.07, 6.45) is 1.02. The van der Waals surface area contributed by atoms with Crippen molar-refractivity contribution in [1.29, 1.82) is 0 Å². The van der Waals surface area contributed by atoms with Gasteiger partial charge in [-0.3, -0.25) is 9.56 Å². The van der Waals surface area contributed by atoms with Crippen molar-refractivity contribution in [1.82, 2.24) is 20.1 Å². The van der Waals surface area contributed by atoms with Crippen LogP contribution in [0.3, 0.4) is 0 Å². The Kier molecular flexibility index (Phi) is 3.51. The number of halogens is 1. The Morgan fingerprint density at radius 1 is 1.20 bits per heavy atom. The van der Waals surface area contributed by atoms with E-state index in [1.54, 1.807) is 0 Å². The Hall–Kier alpha value is -2.02. The molecule has 2 aliphatic heterocycles. The number of hydrogen-bond acceptors (Lipinski definition) is 5. The number of rotatable bonds is 1. The molecule has 0 spiro atoms. The molecule has 0 unspecified atom stereocenters. The molecule has 126 valence electrons. The summed E-state index contributed by atoms with van der Waals surface area (Å²) in [5.41, 5.74) is 4.79. The Morgan fingerprint density at radius 2 is 2.04 bits per heavy atom. The average Bonchev–Trinajstić information content (AvgIpc) is 3.12. The van der Waals surface area contributed by atoms with E-state index in [1.165, 1.54) is 21.0 Å². The lowest BCUT2D eigenvalue weighted by Crippen LogP contribution is -2.23. The molecule has 7 heteroatoms. The number of thiophene rings is 1. The van der Waals surface area contributed by atoms with Crippen LogP contribution < -0.4 is 5.32 Å². The quantitative estimate of drug-likeness (QED) is 0.716. The first-order valence-corrected chi connectivity index (χ1v) is 9.49. The van der Waals surface area contributed by atoms with E-state index >= 15 is 0 Å². The number of nitrogens with zero attached hydrogens (tertiary/aromatic N) is 4. The van der Waals surface area contributed by atoms with Gasteiger partial charge in [0.15, 0.2) is 5.82 Å². The molecule has 3 aromatic rings. The van der Waals surface area contributed by atoms with Gasteiger partial charge in [-0.15, -0.1) is 21.5 Å². The van der Waals surface area contributed by atoms with Gasteiger partial charge >= 0.3 is 0 Å². The highest BCUT2D eigenvalue weighted by Crippen LogP contribution is 2.38. The maximum absolute atomic E-state index is 6.09. The predicted octanol–water partition coefficient (Wildman–Crippen LogP) is 3.29. The van der Waals surface area contributed by atoms with Crippen molar-refractivity contribution in [2.24, 2.45) is 4.99 Å². The molecule has 2 aromatic heterocycles. The topological polar surface area (TPSA) is 55.1 Å². The minimum atomic E-state index is 0.535. The highest BCUT2D eigenvalue weighted by Gasteiger charge is 2.29. The third kappa shape index (κ3) is 2.36. The zero-order valence-electron chi connectivity index (χ0n) is 13.7. The highest BCUT2D eigenvalue weighted by molar-refractivity contribution is 7.15. The second-order valence-electron chi connectivity index (χ2n) is 6.28.